The van der Waals surface area contributed by atoms with Gasteiger partial charge in [0.2, 0.25) is 5.91 Å². The molecule has 2 aromatic rings. The summed E-state index contributed by atoms with van der Waals surface area (Å²) in [4.78, 5) is 13.9. The van der Waals surface area contributed by atoms with Crippen molar-refractivity contribution < 1.29 is 9.53 Å². The van der Waals surface area contributed by atoms with Gasteiger partial charge < -0.3 is 9.64 Å². The molecule has 0 atom stereocenters. The van der Waals surface area contributed by atoms with Crippen LogP contribution in [0.25, 0.3) is 6.08 Å². The third kappa shape index (κ3) is 4.46. The van der Waals surface area contributed by atoms with E-state index < -0.39 is 0 Å². The van der Waals surface area contributed by atoms with Crippen LogP contribution in [0.2, 0.25) is 0 Å². The summed E-state index contributed by atoms with van der Waals surface area (Å²) in [5.74, 6) is 0.905. The molecule has 0 radical (unpaired) electrons. The molecule has 0 N–H and O–H groups in total. The van der Waals surface area contributed by atoms with Crippen LogP contribution in [0.1, 0.15) is 24.0 Å². The third-order valence-electron chi connectivity index (χ3n) is 3.94. The Kier molecular flexibility index (Phi) is 5.09. The molecule has 1 heterocycles. The molecule has 118 valence electrons. The molecular formula is C20H21NO2. The normalized spacial score (nSPS) is 14.3. The van der Waals surface area contributed by atoms with Crippen molar-refractivity contribution in [3.63, 3.8) is 0 Å². The van der Waals surface area contributed by atoms with E-state index in [0.717, 1.165) is 42.8 Å². The highest BCUT2D eigenvalue weighted by atomic mass is 16.5. The lowest BCUT2D eigenvalue weighted by Crippen LogP contribution is -2.25. The summed E-state index contributed by atoms with van der Waals surface area (Å²) in [6, 6.07) is 17.9. The SMILES string of the molecule is O=C(/C=C/c1cccc(OCc2ccccc2)c1)N1CCCC1. The second-order valence-electron chi connectivity index (χ2n) is 5.71. The molecule has 0 aliphatic carbocycles. The van der Waals surface area contributed by atoms with Crippen LogP contribution < -0.4 is 4.74 Å². The maximum absolute atomic E-state index is 12.0. The Labute approximate surface area is 137 Å². The van der Waals surface area contributed by atoms with Crippen molar-refractivity contribution in [1.29, 1.82) is 0 Å². The molecule has 0 saturated carbocycles. The van der Waals surface area contributed by atoms with Gasteiger partial charge in [-0.05, 0) is 42.2 Å². The number of hydrogen-bond acceptors (Lipinski definition) is 2. The summed E-state index contributed by atoms with van der Waals surface area (Å²) in [7, 11) is 0. The molecule has 1 aliphatic heterocycles. The van der Waals surface area contributed by atoms with Crippen molar-refractivity contribution in [2.75, 3.05) is 13.1 Å². The predicted molar refractivity (Wildman–Crippen MR) is 92.1 cm³/mol. The van der Waals surface area contributed by atoms with Crippen molar-refractivity contribution in [3.05, 3.63) is 71.8 Å². The van der Waals surface area contributed by atoms with Crippen molar-refractivity contribution >= 4 is 12.0 Å². The van der Waals surface area contributed by atoms with E-state index in [1.807, 2.05) is 65.6 Å². The first-order valence-corrected chi connectivity index (χ1v) is 8.05. The largest absolute Gasteiger partial charge is 0.489 e. The number of hydrogen-bond donors (Lipinski definition) is 0. The molecule has 0 spiro atoms. The fourth-order valence-corrected chi connectivity index (χ4v) is 2.66. The minimum Gasteiger partial charge on any atom is -0.489 e. The van der Waals surface area contributed by atoms with Gasteiger partial charge in [0.1, 0.15) is 12.4 Å². The molecule has 0 bridgehead atoms. The highest BCUT2D eigenvalue weighted by Crippen LogP contribution is 2.17. The molecular weight excluding hydrogens is 286 g/mol. The number of nitrogens with zero attached hydrogens (tertiary/aromatic N) is 1. The number of ether oxygens (including phenoxy) is 1. The van der Waals surface area contributed by atoms with Crippen LogP contribution in [-0.4, -0.2) is 23.9 Å². The second kappa shape index (κ2) is 7.63. The summed E-state index contributed by atoms with van der Waals surface area (Å²) < 4.78 is 5.81. The molecule has 0 unspecified atom stereocenters. The van der Waals surface area contributed by atoms with Gasteiger partial charge in [-0.25, -0.2) is 0 Å². The lowest BCUT2D eigenvalue weighted by molar-refractivity contribution is -0.124. The van der Waals surface area contributed by atoms with Gasteiger partial charge in [-0.3, -0.25) is 4.79 Å². The number of carbonyl (C=O) groups excluding carboxylic acids is 1. The topological polar surface area (TPSA) is 29.5 Å². The van der Waals surface area contributed by atoms with Gasteiger partial charge in [0.25, 0.3) is 0 Å². The third-order valence-corrected chi connectivity index (χ3v) is 3.94. The Bertz CT molecular complexity index is 673. The van der Waals surface area contributed by atoms with E-state index in [1.54, 1.807) is 6.08 Å². The molecule has 1 amide bonds. The highest BCUT2D eigenvalue weighted by molar-refractivity contribution is 5.91. The van der Waals surface area contributed by atoms with Crippen LogP contribution in [0, 0.1) is 0 Å². The van der Waals surface area contributed by atoms with Gasteiger partial charge in [0, 0.05) is 19.2 Å². The summed E-state index contributed by atoms with van der Waals surface area (Å²) in [5, 5.41) is 0. The number of amides is 1. The van der Waals surface area contributed by atoms with Gasteiger partial charge in [-0.1, -0.05) is 42.5 Å². The molecule has 0 aromatic heterocycles. The molecule has 1 aliphatic rings. The number of likely N-dealkylation sites (tertiary alicyclic amines) is 1. The second-order valence-corrected chi connectivity index (χ2v) is 5.71. The van der Waals surface area contributed by atoms with E-state index in [9.17, 15) is 4.79 Å². The van der Waals surface area contributed by atoms with Crippen LogP contribution >= 0.6 is 0 Å². The average Bonchev–Trinajstić information content (AvgIpc) is 3.14. The predicted octanol–water partition coefficient (Wildman–Crippen LogP) is 3.90. The van der Waals surface area contributed by atoms with Gasteiger partial charge in [-0.2, -0.15) is 0 Å². The maximum atomic E-state index is 12.0. The van der Waals surface area contributed by atoms with E-state index in [4.69, 9.17) is 4.74 Å². The smallest absolute Gasteiger partial charge is 0.246 e. The van der Waals surface area contributed by atoms with Crippen LogP contribution in [0.5, 0.6) is 5.75 Å². The molecule has 3 heteroatoms. The lowest BCUT2D eigenvalue weighted by atomic mass is 10.2. The quantitative estimate of drug-likeness (QED) is 0.784. The van der Waals surface area contributed by atoms with Crippen LogP contribution in [0.4, 0.5) is 0 Å². The Balaban J connectivity index is 1.59. The standard InChI is InChI=1S/C20H21NO2/c22-20(21-13-4-5-14-21)12-11-17-9-6-10-19(15-17)23-16-18-7-2-1-3-8-18/h1-3,6-12,15H,4-5,13-14,16H2/b12-11+. The van der Waals surface area contributed by atoms with Gasteiger partial charge in [0.05, 0.1) is 0 Å². The van der Waals surface area contributed by atoms with Crippen LogP contribution in [-0.2, 0) is 11.4 Å². The lowest BCUT2D eigenvalue weighted by Gasteiger charge is -2.11. The first-order chi connectivity index (χ1) is 11.3. The maximum Gasteiger partial charge on any atom is 0.246 e. The van der Waals surface area contributed by atoms with Gasteiger partial charge in [0.15, 0.2) is 0 Å². The van der Waals surface area contributed by atoms with Gasteiger partial charge >= 0.3 is 0 Å². The minimum absolute atomic E-state index is 0.0955. The molecule has 3 rings (SSSR count). The Morgan fingerprint density at radius 2 is 1.83 bits per heavy atom. The van der Waals surface area contributed by atoms with E-state index in [-0.39, 0.29) is 5.91 Å². The average molecular weight is 307 g/mol. The van der Waals surface area contributed by atoms with E-state index in [0.29, 0.717) is 6.61 Å². The molecule has 1 fully saturated rings. The molecule has 23 heavy (non-hydrogen) atoms. The van der Waals surface area contributed by atoms with E-state index in [1.165, 1.54) is 0 Å². The Morgan fingerprint density at radius 3 is 2.61 bits per heavy atom. The summed E-state index contributed by atoms with van der Waals surface area (Å²) in [6.07, 6.45) is 5.74. The number of rotatable bonds is 5. The number of carbonyl (C=O) groups is 1. The molecule has 3 nitrogen and oxygen atoms in total. The van der Waals surface area contributed by atoms with Crippen LogP contribution in [0.15, 0.2) is 60.7 Å². The number of benzene rings is 2. The van der Waals surface area contributed by atoms with Crippen molar-refractivity contribution in [1.82, 2.24) is 4.90 Å². The van der Waals surface area contributed by atoms with E-state index in [2.05, 4.69) is 0 Å². The Morgan fingerprint density at radius 1 is 1.04 bits per heavy atom. The summed E-state index contributed by atoms with van der Waals surface area (Å²) >= 11 is 0. The highest BCUT2D eigenvalue weighted by Gasteiger charge is 2.14. The monoisotopic (exact) mass is 307 g/mol. The van der Waals surface area contributed by atoms with Crippen molar-refractivity contribution in [2.45, 2.75) is 19.4 Å². The van der Waals surface area contributed by atoms with E-state index >= 15 is 0 Å². The van der Waals surface area contributed by atoms with Gasteiger partial charge in [-0.15, -0.1) is 0 Å². The first kappa shape index (κ1) is 15.3. The van der Waals surface area contributed by atoms with Crippen molar-refractivity contribution in [3.8, 4) is 5.75 Å². The minimum atomic E-state index is 0.0955. The zero-order valence-electron chi connectivity index (χ0n) is 13.2. The zero-order chi connectivity index (χ0) is 15.9. The molecule has 2 aromatic carbocycles. The molecule has 1 saturated heterocycles. The zero-order valence-corrected chi connectivity index (χ0v) is 13.2. The fourth-order valence-electron chi connectivity index (χ4n) is 2.66. The summed E-state index contributed by atoms with van der Waals surface area (Å²) in [5.41, 5.74) is 2.11. The summed E-state index contributed by atoms with van der Waals surface area (Å²) in [6.45, 7) is 2.30. The first-order valence-electron chi connectivity index (χ1n) is 8.05. The van der Waals surface area contributed by atoms with Crippen molar-refractivity contribution in [2.24, 2.45) is 0 Å². The van der Waals surface area contributed by atoms with Crippen LogP contribution in [0.3, 0.4) is 0 Å². The fraction of sp³-hybridized carbons (Fsp3) is 0.250. The Hall–Kier alpha value is -2.55.